The lowest BCUT2D eigenvalue weighted by Gasteiger charge is -2.59. The van der Waals surface area contributed by atoms with Crippen molar-refractivity contribution in [2.75, 3.05) is 0 Å². The Balaban J connectivity index is 1.81. The topological polar surface area (TPSA) is 52.0 Å². The zero-order chi connectivity index (χ0) is 16.8. The van der Waals surface area contributed by atoms with Crippen molar-refractivity contribution < 1.29 is 4.39 Å². The Kier molecular flexibility index (Phi) is 4.50. The third-order valence-corrected chi connectivity index (χ3v) is 6.70. The molecule has 2 nitrogen and oxygen atoms in total. The SMILES string of the molecule is CC1(CC2C(N)C(c3cccc(Cl)c3F)C2(C)N)CCCCC1. The Morgan fingerprint density at radius 1 is 1.22 bits per heavy atom. The smallest absolute Gasteiger partial charge is 0.145 e. The van der Waals surface area contributed by atoms with E-state index in [1.165, 1.54) is 32.1 Å². The van der Waals surface area contributed by atoms with Crippen LogP contribution in [0.1, 0.15) is 63.9 Å². The van der Waals surface area contributed by atoms with Gasteiger partial charge in [-0.3, -0.25) is 0 Å². The van der Waals surface area contributed by atoms with Gasteiger partial charge in [-0.05, 0) is 49.1 Å². The van der Waals surface area contributed by atoms with Crippen LogP contribution in [0.25, 0.3) is 0 Å². The van der Waals surface area contributed by atoms with Crippen LogP contribution in [-0.2, 0) is 0 Å². The van der Waals surface area contributed by atoms with E-state index in [2.05, 4.69) is 6.92 Å². The molecule has 128 valence electrons. The molecular formula is C19H28ClFN2. The van der Waals surface area contributed by atoms with E-state index < -0.39 is 5.54 Å². The van der Waals surface area contributed by atoms with Gasteiger partial charge in [-0.2, -0.15) is 0 Å². The van der Waals surface area contributed by atoms with Gasteiger partial charge < -0.3 is 11.5 Å². The second kappa shape index (κ2) is 6.02. The van der Waals surface area contributed by atoms with Crippen molar-refractivity contribution in [3.05, 3.63) is 34.6 Å². The third-order valence-electron chi connectivity index (χ3n) is 6.41. The van der Waals surface area contributed by atoms with E-state index in [1.807, 2.05) is 6.92 Å². The first-order valence-corrected chi connectivity index (χ1v) is 9.12. The van der Waals surface area contributed by atoms with Crippen molar-refractivity contribution in [2.24, 2.45) is 22.8 Å². The van der Waals surface area contributed by atoms with Gasteiger partial charge in [0, 0.05) is 17.5 Å². The maximum Gasteiger partial charge on any atom is 0.145 e. The Morgan fingerprint density at radius 2 is 1.87 bits per heavy atom. The van der Waals surface area contributed by atoms with Crippen molar-refractivity contribution in [3.63, 3.8) is 0 Å². The van der Waals surface area contributed by atoms with Gasteiger partial charge in [0.2, 0.25) is 0 Å². The van der Waals surface area contributed by atoms with Crippen molar-refractivity contribution in [1.82, 2.24) is 0 Å². The van der Waals surface area contributed by atoms with Crippen LogP contribution < -0.4 is 11.5 Å². The Labute approximate surface area is 143 Å². The molecule has 4 N–H and O–H groups in total. The Bertz CT molecular complexity index is 581. The van der Waals surface area contributed by atoms with Gasteiger partial charge in [-0.25, -0.2) is 4.39 Å². The van der Waals surface area contributed by atoms with E-state index >= 15 is 0 Å². The minimum atomic E-state index is -0.481. The summed E-state index contributed by atoms with van der Waals surface area (Å²) in [7, 11) is 0. The van der Waals surface area contributed by atoms with E-state index in [-0.39, 0.29) is 28.7 Å². The van der Waals surface area contributed by atoms with Gasteiger partial charge in [0.25, 0.3) is 0 Å². The van der Waals surface area contributed by atoms with Crippen LogP contribution in [-0.4, -0.2) is 11.6 Å². The highest BCUT2D eigenvalue weighted by molar-refractivity contribution is 6.30. The van der Waals surface area contributed by atoms with Gasteiger partial charge in [-0.1, -0.05) is 49.9 Å². The number of halogens is 2. The van der Waals surface area contributed by atoms with Crippen molar-refractivity contribution >= 4 is 11.6 Å². The summed E-state index contributed by atoms with van der Waals surface area (Å²) < 4.78 is 14.4. The molecular weight excluding hydrogens is 311 g/mol. The first-order chi connectivity index (χ1) is 10.8. The summed E-state index contributed by atoms with van der Waals surface area (Å²) in [6.45, 7) is 4.39. The third kappa shape index (κ3) is 2.92. The van der Waals surface area contributed by atoms with Crippen LogP contribution in [0.5, 0.6) is 0 Å². The predicted octanol–water partition coefficient (Wildman–Crippen LogP) is 4.60. The van der Waals surface area contributed by atoms with Crippen LogP contribution in [0.2, 0.25) is 5.02 Å². The first-order valence-electron chi connectivity index (χ1n) is 8.75. The van der Waals surface area contributed by atoms with Crippen LogP contribution >= 0.6 is 11.6 Å². The van der Waals surface area contributed by atoms with Gasteiger partial charge in [0.15, 0.2) is 0 Å². The number of hydrogen-bond donors (Lipinski definition) is 2. The molecule has 2 aliphatic carbocycles. The molecule has 2 saturated carbocycles. The maximum absolute atomic E-state index is 14.4. The maximum atomic E-state index is 14.4. The highest BCUT2D eigenvalue weighted by Gasteiger charge is 2.57. The molecule has 4 unspecified atom stereocenters. The van der Waals surface area contributed by atoms with Crippen LogP contribution in [0.15, 0.2) is 18.2 Å². The van der Waals surface area contributed by atoms with E-state index in [9.17, 15) is 4.39 Å². The molecule has 1 aromatic rings. The number of nitrogens with two attached hydrogens (primary N) is 2. The summed E-state index contributed by atoms with van der Waals surface area (Å²) in [5, 5.41) is 0.146. The second-order valence-corrected chi connectivity index (χ2v) is 8.65. The average Bonchev–Trinajstić information content (AvgIpc) is 2.50. The molecule has 0 heterocycles. The molecule has 2 fully saturated rings. The van der Waals surface area contributed by atoms with Crippen molar-refractivity contribution in [2.45, 2.75) is 69.9 Å². The summed E-state index contributed by atoms with van der Waals surface area (Å²) >= 11 is 5.94. The number of hydrogen-bond acceptors (Lipinski definition) is 2. The zero-order valence-electron chi connectivity index (χ0n) is 14.1. The summed E-state index contributed by atoms with van der Waals surface area (Å²) in [6, 6.07) is 5.02. The van der Waals surface area contributed by atoms with Crippen molar-refractivity contribution in [3.8, 4) is 0 Å². The summed E-state index contributed by atoms with van der Waals surface area (Å²) in [6.07, 6.45) is 7.48. The molecule has 0 radical (unpaired) electrons. The Hall–Kier alpha value is -0.640. The van der Waals surface area contributed by atoms with Gasteiger partial charge in [-0.15, -0.1) is 0 Å². The minimum Gasteiger partial charge on any atom is -0.327 e. The summed E-state index contributed by atoms with van der Waals surface area (Å²) in [5.74, 6) is -0.305. The molecule has 1 aromatic carbocycles. The normalized spacial score (nSPS) is 36.5. The van der Waals surface area contributed by atoms with Crippen LogP contribution in [0, 0.1) is 17.2 Å². The Morgan fingerprint density at radius 3 is 2.48 bits per heavy atom. The number of rotatable bonds is 3. The molecule has 3 rings (SSSR count). The lowest BCUT2D eigenvalue weighted by Crippen LogP contribution is -2.71. The molecule has 0 aromatic heterocycles. The van der Waals surface area contributed by atoms with Gasteiger partial charge >= 0.3 is 0 Å². The van der Waals surface area contributed by atoms with E-state index in [1.54, 1.807) is 18.2 Å². The van der Waals surface area contributed by atoms with Crippen LogP contribution in [0.3, 0.4) is 0 Å². The van der Waals surface area contributed by atoms with Crippen molar-refractivity contribution in [1.29, 1.82) is 0 Å². The highest BCUT2D eigenvalue weighted by atomic mass is 35.5. The van der Waals surface area contributed by atoms with Crippen LogP contribution in [0.4, 0.5) is 4.39 Å². The van der Waals surface area contributed by atoms with Gasteiger partial charge in [0.1, 0.15) is 5.82 Å². The van der Waals surface area contributed by atoms with E-state index in [0.29, 0.717) is 11.0 Å². The fourth-order valence-electron chi connectivity index (χ4n) is 4.97. The fraction of sp³-hybridized carbons (Fsp3) is 0.684. The molecule has 2 aliphatic rings. The minimum absolute atomic E-state index is 0.100. The molecule has 0 spiro atoms. The molecule has 4 atom stereocenters. The fourth-order valence-corrected chi connectivity index (χ4v) is 5.16. The van der Waals surface area contributed by atoms with E-state index in [4.69, 9.17) is 23.1 Å². The molecule has 0 saturated heterocycles. The quantitative estimate of drug-likeness (QED) is 0.846. The lowest BCUT2D eigenvalue weighted by molar-refractivity contribution is 0.0151. The predicted molar refractivity (Wildman–Crippen MR) is 94.0 cm³/mol. The summed E-state index contributed by atoms with van der Waals surface area (Å²) in [5.41, 5.74) is 13.5. The zero-order valence-corrected chi connectivity index (χ0v) is 14.9. The first kappa shape index (κ1) is 17.2. The standard InChI is InChI=1S/C19H28ClFN2/c1-18(9-4-3-5-10-18)11-13-17(22)15(19(13,2)23)12-7-6-8-14(20)16(12)21/h6-8,13,15,17H,3-5,9-11,22-23H2,1-2H3. The largest absolute Gasteiger partial charge is 0.327 e. The molecule has 0 amide bonds. The monoisotopic (exact) mass is 338 g/mol. The average molecular weight is 339 g/mol. The van der Waals surface area contributed by atoms with E-state index in [0.717, 1.165) is 6.42 Å². The molecule has 0 aliphatic heterocycles. The van der Waals surface area contributed by atoms with Gasteiger partial charge in [0.05, 0.1) is 5.02 Å². The second-order valence-electron chi connectivity index (χ2n) is 8.25. The molecule has 0 bridgehead atoms. The molecule has 4 heteroatoms. The summed E-state index contributed by atoms with van der Waals surface area (Å²) in [4.78, 5) is 0. The number of benzene rings is 1. The molecule has 23 heavy (non-hydrogen) atoms. The highest BCUT2D eigenvalue weighted by Crippen LogP contribution is 2.55. The lowest BCUT2D eigenvalue weighted by atomic mass is 9.50.